The average Bonchev–Trinajstić information content (AvgIpc) is 2.87. The monoisotopic (exact) mass is 265 g/mol. The molecule has 0 aromatic heterocycles. The van der Waals surface area contributed by atoms with E-state index in [4.69, 9.17) is 15.2 Å². The molecule has 1 aromatic carbocycles. The normalized spacial score (nSPS) is 12.1. The van der Waals surface area contributed by atoms with Crippen LogP contribution in [0.25, 0.3) is 0 Å². The minimum atomic E-state index is -0.498. The highest BCUT2D eigenvalue weighted by Crippen LogP contribution is 2.34. The van der Waals surface area contributed by atoms with Gasteiger partial charge in [0.2, 0.25) is 13.2 Å². The number of fused-ring (bicyclic) bond motifs is 1. The van der Waals surface area contributed by atoms with Gasteiger partial charge in [-0.05, 0) is 25.1 Å². The number of ether oxygens (including phenoxy) is 2. The van der Waals surface area contributed by atoms with Crippen molar-refractivity contribution in [2.24, 2.45) is 5.73 Å². The van der Waals surface area contributed by atoms with Gasteiger partial charge in [-0.15, -0.1) is 0 Å². The maximum Gasteiger partial charge on any atom is 0.328 e. The predicted molar refractivity (Wildman–Crippen MR) is 68.0 cm³/mol. The van der Waals surface area contributed by atoms with Crippen LogP contribution in [0.1, 0.15) is 6.42 Å². The van der Waals surface area contributed by atoms with Crippen molar-refractivity contribution in [3.05, 3.63) is 18.2 Å². The molecule has 0 fully saturated rings. The predicted octanol–water partition coefficient (Wildman–Crippen LogP) is 0.754. The Bertz CT molecular complexity index is 478. The molecular weight excluding hydrogens is 250 g/mol. The van der Waals surface area contributed by atoms with Crippen LogP contribution in [0.4, 0.5) is 10.5 Å². The first-order chi connectivity index (χ1) is 9.24. The Morgan fingerprint density at radius 2 is 2.21 bits per heavy atom. The Balaban J connectivity index is 1.99. The van der Waals surface area contributed by atoms with Crippen LogP contribution in [0, 0.1) is 0 Å². The van der Waals surface area contributed by atoms with E-state index >= 15 is 0 Å². The van der Waals surface area contributed by atoms with Crippen LogP contribution >= 0.6 is 0 Å². The van der Waals surface area contributed by atoms with E-state index in [-0.39, 0.29) is 13.3 Å². The lowest BCUT2D eigenvalue weighted by molar-refractivity contribution is -0.115. The minimum absolute atomic E-state index is 0.170. The largest absolute Gasteiger partial charge is 0.454 e. The highest BCUT2D eigenvalue weighted by molar-refractivity contribution is 5.95. The standard InChI is InChI=1S/C12H15N3O4/c13-4-1-5-15(7-16)12(17)14-9-2-3-10-11(6-9)19-8-18-10/h2-3,6-7H,1,4-5,8,13H2,(H,14,17). The molecule has 102 valence electrons. The molecule has 1 aliphatic rings. The van der Waals surface area contributed by atoms with Crippen LogP contribution in [0.15, 0.2) is 18.2 Å². The smallest absolute Gasteiger partial charge is 0.328 e. The van der Waals surface area contributed by atoms with Crippen molar-refractivity contribution in [1.29, 1.82) is 0 Å². The first kappa shape index (κ1) is 13.2. The number of hydrogen-bond donors (Lipinski definition) is 2. The number of imide groups is 1. The van der Waals surface area contributed by atoms with Crippen molar-refractivity contribution in [3.8, 4) is 11.5 Å². The summed E-state index contributed by atoms with van der Waals surface area (Å²) in [6, 6.07) is 4.52. The molecule has 0 unspecified atom stereocenters. The number of benzene rings is 1. The summed E-state index contributed by atoms with van der Waals surface area (Å²) < 4.78 is 10.4. The molecule has 0 aliphatic carbocycles. The summed E-state index contributed by atoms with van der Waals surface area (Å²) in [5.74, 6) is 1.20. The molecule has 2 rings (SSSR count). The van der Waals surface area contributed by atoms with Gasteiger partial charge < -0.3 is 20.5 Å². The number of nitrogens with one attached hydrogen (secondary N) is 1. The second kappa shape index (κ2) is 6.05. The molecular formula is C12H15N3O4. The molecule has 19 heavy (non-hydrogen) atoms. The zero-order valence-corrected chi connectivity index (χ0v) is 10.3. The van der Waals surface area contributed by atoms with Crippen molar-refractivity contribution in [1.82, 2.24) is 4.90 Å². The van der Waals surface area contributed by atoms with Gasteiger partial charge in [-0.2, -0.15) is 0 Å². The van der Waals surface area contributed by atoms with Crippen LogP contribution in [0.2, 0.25) is 0 Å². The van der Waals surface area contributed by atoms with Crippen molar-refractivity contribution in [2.45, 2.75) is 6.42 Å². The molecule has 0 spiro atoms. The van der Waals surface area contributed by atoms with E-state index in [9.17, 15) is 9.59 Å². The van der Waals surface area contributed by atoms with Gasteiger partial charge in [0.25, 0.3) is 0 Å². The Morgan fingerprint density at radius 3 is 2.95 bits per heavy atom. The number of carbonyl (C=O) groups is 2. The third-order valence-electron chi connectivity index (χ3n) is 2.62. The summed E-state index contributed by atoms with van der Waals surface area (Å²) in [5, 5.41) is 2.61. The molecule has 1 aliphatic heterocycles. The van der Waals surface area contributed by atoms with E-state index in [0.29, 0.717) is 36.6 Å². The second-order valence-electron chi connectivity index (χ2n) is 3.94. The summed E-state index contributed by atoms with van der Waals surface area (Å²) in [7, 11) is 0. The fraction of sp³-hybridized carbons (Fsp3) is 0.333. The zero-order chi connectivity index (χ0) is 13.7. The first-order valence-electron chi connectivity index (χ1n) is 5.87. The molecule has 0 bridgehead atoms. The van der Waals surface area contributed by atoms with E-state index in [1.807, 2.05) is 0 Å². The Kier molecular flexibility index (Phi) is 4.19. The first-order valence-corrected chi connectivity index (χ1v) is 5.87. The van der Waals surface area contributed by atoms with Crippen molar-refractivity contribution >= 4 is 18.1 Å². The van der Waals surface area contributed by atoms with Gasteiger partial charge in [-0.1, -0.05) is 0 Å². The second-order valence-corrected chi connectivity index (χ2v) is 3.94. The number of amides is 3. The van der Waals surface area contributed by atoms with Crippen molar-refractivity contribution < 1.29 is 19.1 Å². The Morgan fingerprint density at radius 1 is 1.42 bits per heavy atom. The van der Waals surface area contributed by atoms with Crippen LogP contribution in [-0.4, -0.2) is 37.2 Å². The topological polar surface area (TPSA) is 93.9 Å². The molecule has 7 nitrogen and oxygen atoms in total. The lowest BCUT2D eigenvalue weighted by Crippen LogP contribution is -2.35. The molecule has 1 heterocycles. The number of nitrogens with two attached hydrogens (primary N) is 1. The number of carbonyl (C=O) groups excluding carboxylic acids is 2. The van der Waals surface area contributed by atoms with Crippen LogP contribution in [-0.2, 0) is 4.79 Å². The summed E-state index contributed by atoms with van der Waals surface area (Å²) in [6.07, 6.45) is 1.05. The molecule has 0 atom stereocenters. The number of urea groups is 1. The van der Waals surface area contributed by atoms with Gasteiger partial charge in [0, 0.05) is 18.3 Å². The van der Waals surface area contributed by atoms with E-state index in [1.165, 1.54) is 0 Å². The Hall–Kier alpha value is -2.28. The molecule has 7 heteroatoms. The maximum absolute atomic E-state index is 11.8. The fourth-order valence-electron chi connectivity index (χ4n) is 1.63. The summed E-state index contributed by atoms with van der Waals surface area (Å²) >= 11 is 0. The third-order valence-corrected chi connectivity index (χ3v) is 2.62. The van der Waals surface area contributed by atoms with E-state index in [1.54, 1.807) is 18.2 Å². The van der Waals surface area contributed by atoms with Gasteiger partial charge >= 0.3 is 6.03 Å². The zero-order valence-electron chi connectivity index (χ0n) is 10.3. The van der Waals surface area contributed by atoms with E-state index in [0.717, 1.165) is 4.90 Å². The highest BCUT2D eigenvalue weighted by atomic mass is 16.7. The highest BCUT2D eigenvalue weighted by Gasteiger charge is 2.16. The molecule has 3 amide bonds. The molecule has 0 radical (unpaired) electrons. The molecule has 0 saturated heterocycles. The number of rotatable bonds is 5. The Labute approximate surface area is 110 Å². The number of nitrogens with zero attached hydrogens (tertiary/aromatic N) is 1. The van der Waals surface area contributed by atoms with E-state index in [2.05, 4.69) is 5.32 Å². The fourth-order valence-corrected chi connectivity index (χ4v) is 1.63. The quantitative estimate of drug-likeness (QED) is 0.766. The summed E-state index contributed by atoms with van der Waals surface area (Å²) in [4.78, 5) is 23.7. The van der Waals surface area contributed by atoms with Crippen molar-refractivity contribution in [3.63, 3.8) is 0 Å². The molecule has 3 N–H and O–H groups in total. The van der Waals surface area contributed by atoms with Gasteiger partial charge in [-0.25, -0.2) is 4.79 Å². The van der Waals surface area contributed by atoms with Gasteiger partial charge in [0.1, 0.15) is 0 Å². The lowest BCUT2D eigenvalue weighted by atomic mass is 10.3. The lowest BCUT2D eigenvalue weighted by Gasteiger charge is -2.15. The van der Waals surface area contributed by atoms with Crippen LogP contribution in [0.3, 0.4) is 0 Å². The summed E-state index contributed by atoms with van der Waals surface area (Å²) in [5.41, 5.74) is 5.88. The van der Waals surface area contributed by atoms with Crippen molar-refractivity contribution in [2.75, 3.05) is 25.2 Å². The summed E-state index contributed by atoms with van der Waals surface area (Å²) in [6.45, 7) is 0.877. The maximum atomic E-state index is 11.8. The molecule has 1 aromatic rings. The third kappa shape index (κ3) is 3.14. The SMILES string of the molecule is NCCCN(C=O)C(=O)Nc1ccc2c(c1)OCO2. The minimum Gasteiger partial charge on any atom is -0.454 e. The van der Waals surface area contributed by atoms with E-state index < -0.39 is 6.03 Å². The number of hydrogen-bond acceptors (Lipinski definition) is 5. The van der Waals surface area contributed by atoms with Crippen LogP contribution in [0.5, 0.6) is 11.5 Å². The number of anilines is 1. The van der Waals surface area contributed by atoms with Gasteiger partial charge in [0.15, 0.2) is 11.5 Å². The van der Waals surface area contributed by atoms with Crippen LogP contribution < -0.4 is 20.5 Å². The van der Waals surface area contributed by atoms with Gasteiger partial charge in [-0.3, -0.25) is 9.69 Å². The average molecular weight is 265 g/mol. The molecule has 0 saturated carbocycles. The van der Waals surface area contributed by atoms with Gasteiger partial charge in [0.05, 0.1) is 0 Å².